The first kappa shape index (κ1) is 83.7. The second-order valence-corrected chi connectivity index (χ2v) is 25.9. The molecule has 104 heavy (non-hydrogen) atoms. The third kappa shape index (κ3) is 25.5. The van der Waals surface area contributed by atoms with E-state index in [1.165, 1.54) is 41.3 Å². The lowest BCUT2D eigenvalue weighted by molar-refractivity contribution is -0.142. The number of ketones is 1. The maximum absolute atomic E-state index is 13.2. The molecule has 5 aromatic rings. The molecule has 27 heteroatoms. The van der Waals surface area contributed by atoms with Crippen LogP contribution in [0.25, 0.3) is 22.3 Å². The molecule has 5 atom stereocenters. The molecule has 14 N–H and O–H groups in total. The van der Waals surface area contributed by atoms with Gasteiger partial charge in [0.1, 0.15) is 37.4 Å². The molecule has 0 radical (unpaired) electrons. The van der Waals surface area contributed by atoms with Crippen LogP contribution in [0, 0.1) is 17.8 Å². The lowest BCUT2D eigenvalue weighted by Gasteiger charge is -2.25. The molecule has 0 fully saturated rings. The molecule has 0 aromatic heterocycles. The van der Waals surface area contributed by atoms with Crippen molar-refractivity contribution in [2.45, 2.75) is 162 Å². The largest absolute Gasteiger partial charge is 0.480 e. The van der Waals surface area contributed by atoms with Gasteiger partial charge in [0.25, 0.3) is 11.8 Å². The van der Waals surface area contributed by atoms with Crippen molar-refractivity contribution in [2.24, 2.45) is 29.2 Å². The Morgan fingerprint density at radius 1 is 0.490 bits per heavy atom. The number of nitrogens with one attached hydrogen (secondary N) is 8. The fourth-order valence-corrected chi connectivity index (χ4v) is 12.0. The monoisotopic (exact) mass is 1440 g/mol. The first-order chi connectivity index (χ1) is 49.7. The highest BCUT2D eigenvalue weighted by molar-refractivity contribution is 6.12. The number of hydrogen-bond donors (Lipinski definition) is 12. The van der Waals surface area contributed by atoms with Crippen molar-refractivity contribution >= 4 is 77.1 Å². The molecule has 5 aromatic carbocycles. The summed E-state index contributed by atoms with van der Waals surface area (Å²) in [6, 6.07) is 32.9. The Hall–Kier alpha value is -11.0. The van der Waals surface area contributed by atoms with E-state index in [1.807, 2.05) is 100 Å². The van der Waals surface area contributed by atoms with E-state index in [2.05, 4.69) is 66.8 Å². The van der Waals surface area contributed by atoms with Gasteiger partial charge in [-0.1, -0.05) is 171 Å². The van der Waals surface area contributed by atoms with Gasteiger partial charge in [0.2, 0.25) is 23.6 Å². The molecule has 8 rings (SSSR count). The minimum Gasteiger partial charge on any atom is -0.480 e. The Bertz CT molecular complexity index is 3690. The normalized spacial score (nSPS) is 13.7. The first-order valence-electron chi connectivity index (χ1n) is 35.2. The van der Waals surface area contributed by atoms with Crippen LogP contribution in [0.1, 0.15) is 153 Å². The number of ether oxygens (including phenoxy) is 2. The van der Waals surface area contributed by atoms with Crippen LogP contribution in [0.4, 0.5) is 24.9 Å². The van der Waals surface area contributed by atoms with E-state index in [9.17, 15) is 67.7 Å². The van der Waals surface area contributed by atoms with Crippen LogP contribution >= 0.6 is 0 Å². The Kier molecular flexibility index (Phi) is 34.2. The predicted octanol–water partition coefficient (Wildman–Crippen LogP) is 8.41. The lowest BCUT2D eigenvalue weighted by Crippen LogP contribution is -2.54. The number of alkyl carbamates (subject to hydrolysis) is 2. The number of fused-ring (bicyclic) bond motifs is 6. The number of imide groups is 1. The van der Waals surface area contributed by atoms with E-state index in [0.29, 0.717) is 43.4 Å². The van der Waals surface area contributed by atoms with Gasteiger partial charge >= 0.3 is 30.2 Å². The van der Waals surface area contributed by atoms with Gasteiger partial charge in [0.05, 0.1) is 12.6 Å². The fraction of sp³-hybridized carbons (Fsp3) is 0.429. The van der Waals surface area contributed by atoms with Crippen LogP contribution < -0.4 is 54.0 Å². The van der Waals surface area contributed by atoms with Gasteiger partial charge in [-0.25, -0.2) is 24.0 Å². The molecule has 560 valence electrons. The summed E-state index contributed by atoms with van der Waals surface area (Å²) < 4.78 is 11.0. The van der Waals surface area contributed by atoms with Crippen molar-refractivity contribution in [3.63, 3.8) is 0 Å². The number of carboxylic acid groups (broad SMARTS) is 1. The Morgan fingerprint density at radius 3 is 1.28 bits per heavy atom. The van der Waals surface area contributed by atoms with Crippen molar-refractivity contribution in [3.8, 4) is 22.3 Å². The fourth-order valence-electron chi connectivity index (χ4n) is 12.0. The highest BCUT2D eigenvalue weighted by Crippen LogP contribution is 2.46. The van der Waals surface area contributed by atoms with Crippen LogP contribution in [0.2, 0.25) is 0 Å². The second-order valence-electron chi connectivity index (χ2n) is 25.9. The van der Waals surface area contributed by atoms with Gasteiger partial charge in [0.15, 0.2) is 5.78 Å². The number of aliphatic hydroxyl groups is 1. The molecule has 0 saturated heterocycles. The average Bonchev–Trinajstić information content (AvgIpc) is 1.62. The summed E-state index contributed by atoms with van der Waals surface area (Å²) in [5, 5.41) is 39.4. The number of benzene rings is 5. The zero-order valence-corrected chi connectivity index (χ0v) is 60.6. The molecule has 3 aliphatic rings. The Morgan fingerprint density at radius 2 is 0.885 bits per heavy atom. The lowest BCUT2D eigenvalue weighted by atomic mass is 9.98. The number of aliphatic hydroxyl groups excluding tert-OH is 1. The molecule has 1 heterocycles. The minimum atomic E-state index is -1.22. The quantitative estimate of drug-likeness (QED) is 0.0138. The van der Waals surface area contributed by atoms with Crippen molar-refractivity contribution in [1.82, 2.24) is 42.1 Å². The number of nitrogens with zero attached hydrogens (tertiary/aromatic N) is 1. The third-order valence-corrected chi connectivity index (χ3v) is 17.3. The standard InChI is InChI=1S/C28H40N6O7.C26H32N4O6.C21H23NO3.C2H6/c1-18(2)25(33-22(36)8-4-3-5-16-34-23(37)13-14-24(34)38)27(40)32-21(7-6-15-30-28(29)41)26(39)31-20-11-9-19(17-35)10-12-20;1-15(2)22(23(31)29-21(24(32)33)12-7-13-28-25(27)34)30-26(35)36-14-20-18-10-5-3-8-16(18)17-9-4-6-11-19(17)20;1-13(2)20(14(3)23)22-21(24)25-12-19-17-10-6-4-8-15(17)16-9-5-7-11-18(16)19;1-2/h9-14,18,21,25,35H,3-8,15-17H2,1-2H3,(H,31,39)(H,32,40)(H,33,36)(H3,29,30,41);3-6,8-11,15,20-22H,7,12-14H2,1-2H3,(H,29,31)(H,30,35)(H,32,33)(H3,27,28,34);4-11,13,19-20H,12H2,1-3H3,(H,22,24);1-2H3/t21-,25-;21-,22-;20-;/m000./s1. The van der Waals surface area contributed by atoms with Crippen molar-refractivity contribution in [2.75, 3.05) is 38.2 Å². The summed E-state index contributed by atoms with van der Waals surface area (Å²) in [4.78, 5) is 146. The van der Waals surface area contributed by atoms with Crippen LogP contribution in [0.5, 0.6) is 0 Å². The summed E-state index contributed by atoms with van der Waals surface area (Å²) in [5.41, 5.74) is 20.3. The van der Waals surface area contributed by atoms with Gasteiger partial charge in [-0.05, 0) is 125 Å². The molecule has 27 nitrogen and oxygen atoms in total. The van der Waals surface area contributed by atoms with Crippen LogP contribution in [-0.4, -0.2) is 150 Å². The average molecular weight is 1440 g/mol. The number of Topliss-reactive ketones (excluding diaryl/α,β-unsaturated/α-hetero) is 1. The molecule has 0 spiro atoms. The van der Waals surface area contributed by atoms with Crippen molar-refractivity contribution in [1.29, 1.82) is 0 Å². The van der Waals surface area contributed by atoms with Gasteiger partial charge in [-0.3, -0.25) is 38.5 Å². The summed E-state index contributed by atoms with van der Waals surface area (Å²) in [6.07, 6.45) is 3.93. The smallest absolute Gasteiger partial charge is 0.407 e. The van der Waals surface area contributed by atoms with Gasteiger partial charge < -0.3 is 73.7 Å². The molecule has 1 aliphatic heterocycles. The summed E-state index contributed by atoms with van der Waals surface area (Å²) in [5.74, 6) is -4.60. The maximum atomic E-state index is 13.2. The Labute approximate surface area is 607 Å². The number of amides is 12. The number of urea groups is 2. The summed E-state index contributed by atoms with van der Waals surface area (Å²) >= 11 is 0. The van der Waals surface area contributed by atoms with E-state index in [0.717, 1.165) is 27.2 Å². The van der Waals surface area contributed by atoms with Gasteiger partial charge in [0, 0.05) is 55.7 Å². The molecule has 12 amide bonds. The topological polar surface area (TPSA) is 415 Å². The SMILES string of the molecule is CC.CC(=O)[C@@H](NC(=O)OCC1c2ccccc2-c2ccccc21)C(C)C.CC(C)[C@H](NC(=O)CCCCCN1C(=O)C=CC1=O)C(=O)N[C@@H](CCCNC(N)=O)C(=O)Nc1ccc(CO)cc1.CC(C)[C@H](NC(=O)OCC1c2ccccc2-c2ccccc21)C(=O)N[C@@H](CCCNC(N)=O)C(=O)O. The predicted molar refractivity (Wildman–Crippen MR) is 393 cm³/mol. The van der Waals surface area contributed by atoms with Crippen LogP contribution in [0.3, 0.4) is 0 Å². The van der Waals surface area contributed by atoms with Crippen LogP contribution in [0.15, 0.2) is 133 Å². The highest BCUT2D eigenvalue weighted by Gasteiger charge is 2.35. The highest BCUT2D eigenvalue weighted by atomic mass is 16.6. The molecular weight excluding hydrogens is 1330 g/mol. The van der Waals surface area contributed by atoms with E-state index < -0.39 is 78.1 Å². The Balaban J connectivity index is 0.000000284. The second kappa shape index (κ2) is 42.5. The number of nitrogens with two attached hydrogens (primary N) is 2. The van der Waals surface area contributed by atoms with E-state index >= 15 is 0 Å². The minimum absolute atomic E-state index is 0.0213. The molecule has 0 unspecified atom stereocenters. The summed E-state index contributed by atoms with van der Waals surface area (Å²) in [7, 11) is 0. The number of carbonyl (C=O) groups excluding carboxylic acids is 11. The third-order valence-electron chi connectivity index (χ3n) is 17.3. The van der Waals surface area contributed by atoms with Crippen LogP contribution in [-0.2, 0) is 54.4 Å². The number of primary amides is 2. The van der Waals surface area contributed by atoms with E-state index in [1.54, 1.807) is 52.0 Å². The molecule has 0 bridgehead atoms. The zero-order chi connectivity index (χ0) is 76.6. The number of unbranched alkanes of at least 4 members (excludes halogenated alkanes) is 2. The number of carbonyl (C=O) groups is 12. The molecular formula is C77H101N11O16. The molecule has 0 saturated carbocycles. The first-order valence-corrected chi connectivity index (χ1v) is 35.2. The van der Waals surface area contributed by atoms with Crippen molar-refractivity contribution < 1.29 is 77.2 Å². The number of hydrogen-bond acceptors (Lipinski definition) is 15. The number of aliphatic carboxylic acids is 1. The maximum Gasteiger partial charge on any atom is 0.407 e. The van der Waals surface area contributed by atoms with Gasteiger partial charge in [-0.2, -0.15) is 0 Å². The zero-order valence-electron chi connectivity index (χ0n) is 60.6. The van der Waals surface area contributed by atoms with Crippen molar-refractivity contribution in [3.05, 3.63) is 161 Å². The van der Waals surface area contributed by atoms with E-state index in [4.69, 9.17) is 20.9 Å². The van der Waals surface area contributed by atoms with Gasteiger partial charge in [-0.15, -0.1) is 0 Å². The number of carboxylic acids is 1. The number of rotatable bonds is 33. The summed E-state index contributed by atoms with van der Waals surface area (Å²) in [6.45, 7) is 17.2. The molecule has 2 aliphatic carbocycles. The number of anilines is 1. The van der Waals surface area contributed by atoms with E-state index in [-0.39, 0.29) is 112 Å².